The fourth-order valence-electron chi connectivity index (χ4n) is 2.36. The van der Waals surface area contributed by atoms with E-state index in [0.717, 1.165) is 12.2 Å². The Balaban J connectivity index is 1.88. The van der Waals surface area contributed by atoms with E-state index in [4.69, 9.17) is 4.74 Å². The topological polar surface area (TPSA) is 79.5 Å². The maximum absolute atomic E-state index is 12.4. The van der Waals surface area contributed by atoms with Crippen molar-refractivity contribution in [2.75, 3.05) is 23.8 Å². The lowest BCUT2D eigenvalue weighted by Crippen LogP contribution is -2.43. The van der Waals surface area contributed by atoms with Crippen LogP contribution in [0.25, 0.3) is 0 Å². The van der Waals surface area contributed by atoms with E-state index in [1.165, 1.54) is 0 Å². The molecule has 0 aliphatic rings. The Bertz CT molecular complexity index is 784. The summed E-state index contributed by atoms with van der Waals surface area (Å²) in [4.78, 5) is 24.4. The molecule has 0 spiro atoms. The van der Waals surface area contributed by atoms with Gasteiger partial charge < -0.3 is 20.7 Å². The highest BCUT2D eigenvalue weighted by Gasteiger charge is 2.15. The van der Waals surface area contributed by atoms with Gasteiger partial charge in [0.1, 0.15) is 5.75 Å². The van der Waals surface area contributed by atoms with Crippen molar-refractivity contribution in [1.29, 1.82) is 0 Å². The van der Waals surface area contributed by atoms with Gasteiger partial charge in [0.15, 0.2) is 0 Å². The third kappa shape index (κ3) is 6.70. The molecule has 0 atom stereocenters. The molecule has 2 aromatic carbocycles. The summed E-state index contributed by atoms with van der Waals surface area (Å²) in [6.45, 7) is 8.93. The maximum Gasteiger partial charge on any atom is 0.255 e. The van der Waals surface area contributed by atoms with Crippen LogP contribution in [0, 0.1) is 0 Å². The number of carbonyl (C=O) groups excluding carboxylic acids is 2. The van der Waals surface area contributed by atoms with E-state index < -0.39 is 0 Å². The molecule has 0 saturated carbocycles. The molecule has 0 unspecified atom stereocenters. The molecule has 0 bridgehead atoms. The minimum absolute atomic E-state index is 0.0832. The van der Waals surface area contributed by atoms with Gasteiger partial charge >= 0.3 is 0 Å². The van der Waals surface area contributed by atoms with Gasteiger partial charge in [-0.15, -0.1) is 0 Å². The summed E-state index contributed by atoms with van der Waals surface area (Å²) in [5, 5.41) is 8.88. The molecule has 0 heterocycles. The van der Waals surface area contributed by atoms with Crippen LogP contribution in [0.15, 0.2) is 48.5 Å². The van der Waals surface area contributed by atoms with Gasteiger partial charge in [-0.1, -0.05) is 6.92 Å². The van der Waals surface area contributed by atoms with E-state index in [9.17, 15) is 9.59 Å². The highest BCUT2D eigenvalue weighted by Crippen LogP contribution is 2.17. The van der Waals surface area contributed by atoms with Gasteiger partial charge in [0.05, 0.1) is 13.2 Å². The molecule has 28 heavy (non-hydrogen) atoms. The van der Waals surface area contributed by atoms with Crippen LogP contribution in [0.3, 0.4) is 0 Å². The molecule has 0 radical (unpaired) electrons. The van der Waals surface area contributed by atoms with E-state index in [2.05, 4.69) is 36.7 Å². The lowest BCUT2D eigenvalue weighted by Gasteiger charge is -2.24. The summed E-state index contributed by atoms with van der Waals surface area (Å²) >= 11 is 0. The number of hydrogen-bond donors (Lipinski definition) is 3. The van der Waals surface area contributed by atoms with E-state index in [0.29, 0.717) is 23.5 Å². The SMILES string of the molecule is CCOc1ccc(NC(=O)c2ccc(NC(=O)CNC(C)(C)CC)cc2)cc1. The van der Waals surface area contributed by atoms with E-state index in [-0.39, 0.29) is 23.9 Å². The predicted molar refractivity (Wildman–Crippen MR) is 113 cm³/mol. The fourth-order valence-corrected chi connectivity index (χ4v) is 2.36. The Labute approximate surface area is 166 Å². The molecule has 0 aliphatic heterocycles. The number of ether oxygens (including phenoxy) is 1. The molecule has 6 heteroatoms. The smallest absolute Gasteiger partial charge is 0.255 e. The second kappa shape index (κ2) is 9.90. The quantitative estimate of drug-likeness (QED) is 0.610. The van der Waals surface area contributed by atoms with Crippen LogP contribution >= 0.6 is 0 Å². The van der Waals surface area contributed by atoms with Crippen molar-refractivity contribution in [3.05, 3.63) is 54.1 Å². The molecule has 0 aromatic heterocycles. The minimum Gasteiger partial charge on any atom is -0.494 e. The number of rotatable bonds is 9. The van der Waals surface area contributed by atoms with Crippen molar-refractivity contribution in [2.45, 2.75) is 39.7 Å². The number of carbonyl (C=O) groups is 2. The van der Waals surface area contributed by atoms with Crippen molar-refractivity contribution in [1.82, 2.24) is 5.32 Å². The van der Waals surface area contributed by atoms with Crippen LogP contribution in [0.1, 0.15) is 44.5 Å². The molecule has 3 N–H and O–H groups in total. The first-order valence-electron chi connectivity index (χ1n) is 9.52. The number of nitrogens with one attached hydrogen (secondary N) is 3. The molecule has 0 aliphatic carbocycles. The average Bonchev–Trinajstić information content (AvgIpc) is 2.69. The van der Waals surface area contributed by atoms with Crippen LogP contribution in [0.5, 0.6) is 5.75 Å². The highest BCUT2D eigenvalue weighted by atomic mass is 16.5. The maximum atomic E-state index is 12.4. The average molecular weight is 383 g/mol. The largest absolute Gasteiger partial charge is 0.494 e. The zero-order chi connectivity index (χ0) is 20.6. The van der Waals surface area contributed by atoms with Crippen LogP contribution in [0.2, 0.25) is 0 Å². The van der Waals surface area contributed by atoms with Crippen molar-refractivity contribution in [2.24, 2.45) is 0 Å². The first-order chi connectivity index (χ1) is 13.3. The van der Waals surface area contributed by atoms with Crippen molar-refractivity contribution < 1.29 is 14.3 Å². The predicted octanol–water partition coefficient (Wildman–Crippen LogP) is 4.05. The molecule has 2 amide bonds. The number of hydrogen-bond acceptors (Lipinski definition) is 4. The molecule has 2 aromatic rings. The van der Waals surface area contributed by atoms with Crippen LogP contribution in [0.4, 0.5) is 11.4 Å². The molecular formula is C22H29N3O3. The molecule has 0 fully saturated rings. The van der Waals surface area contributed by atoms with Crippen LogP contribution < -0.4 is 20.7 Å². The Hall–Kier alpha value is -2.86. The summed E-state index contributed by atoms with van der Waals surface area (Å²) in [5.41, 5.74) is 1.77. The van der Waals surface area contributed by atoms with Gasteiger partial charge in [-0.05, 0) is 75.7 Å². The second-order valence-electron chi connectivity index (χ2n) is 7.13. The zero-order valence-electron chi connectivity index (χ0n) is 17.0. The Morgan fingerprint density at radius 3 is 2.04 bits per heavy atom. The first-order valence-corrected chi connectivity index (χ1v) is 9.52. The Morgan fingerprint density at radius 1 is 0.893 bits per heavy atom. The van der Waals surface area contributed by atoms with E-state index >= 15 is 0 Å². The zero-order valence-corrected chi connectivity index (χ0v) is 17.0. The van der Waals surface area contributed by atoms with Gasteiger partial charge in [0, 0.05) is 22.5 Å². The normalized spacial score (nSPS) is 11.0. The van der Waals surface area contributed by atoms with Crippen LogP contribution in [-0.4, -0.2) is 30.5 Å². The molecule has 0 saturated heterocycles. The molecule has 6 nitrogen and oxygen atoms in total. The summed E-state index contributed by atoms with van der Waals surface area (Å²) in [5.74, 6) is 0.430. The van der Waals surface area contributed by atoms with E-state index in [1.807, 2.05) is 19.1 Å². The number of benzene rings is 2. The van der Waals surface area contributed by atoms with Crippen molar-refractivity contribution in [3.8, 4) is 5.75 Å². The number of anilines is 2. The fraction of sp³-hybridized carbons (Fsp3) is 0.364. The summed E-state index contributed by atoms with van der Waals surface area (Å²) in [7, 11) is 0. The second-order valence-corrected chi connectivity index (χ2v) is 7.13. The Morgan fingerprint density at radius 2 is 1.46 bits per heavy atom. The monoisotopic (exact) mass is 383 g/mol. The first kappa shape index (κ1) is 21.4. The lowest BCUT2D eigenvalue weighted by atomic mass is 10.0. The van der Waals surface area contributed by atoms with Crippen LogP contribution in [-0.2, 0) is 4.79 Å². The molecule has 150 valence electrons. The number of amides is 2. The highest BCUT2D eigenvalue weighted by molar-refractivity contribution is 6.04. The molecular weight excluding hydrogens is 354 g/mol. The van der Waals surface area contributed by atoms with Gasteiger partial charge in [-0.3, -0.25) is 9.59 Å². The van der Waals surface area contributed by atoms with Gasteiger partial charge in [0.25, 0.3) is 5.91 Å². The van der Waals surface area contributed by atoms with Crippen molar-refractivity contribution in [3.63, 3.8) is 0 Å². The van der Waals surface area contributed by atoms with Gasteiger partial charge in [-0.25, -0.2) is 0 Å². The molecule has 2 rings (SSSR count). The third-order valence-electron chi connectivity index (χ3n) is 4.47. The minimum atomic E-state index is -0.214. The Kier molecular flexibility index (Phi) is 7.58. The summed E-state index contributed by atoms with van der Waals surface area (Å²) in [6, 6.07) is 14.0. The van der Waals surface area contributed by atoms with Gasteiger partial charge in [0.2, 0.25) is 5.91 Å². The van der Waals surface area contributed by atoms with Gasteiger partial charge in [-0.2, -0.15) is 0 Å². The summed E-state index contributed by atoms with van der Waals surface area (Å²) < 4.78 is 5.39. The standard InChI is InChI=1S/C22H29N3O3/c1-5-22(3,4)23-15-20(26)24-17-9-7-16(8-10-17)21(27)25-18-11-13-19(14-12-18)28-6-2/h7-14,23H,5-6,15H2,1-4H3,(H,24,26)(H,25,27). The summed E-state index contributed by atoms with van der Waals surface area (Å²) in [6.07, 6.45) is 0.929. The third-order valence-corrected chi connectivity index (χ3v) is 4.47. The lowest BCUT2D eigenvalue weighted by molar-refractivity contribution is -0.115. The van der Waals surface area contributed by atoms with Crippen molar-refractivity contribution >= 4 is 23.2 Å². The van der Waals surface area contributed by atoms with E-state index in [1.54, 1.807) is 36.4 Å².